The molecule has 1 aromatic carbocycles. The summed E-state index contributed by atoms with van der Waals surface area (Å²) < 4.78 is 3.21. The van der Waals surface area contributed by atoms with Gasteiger partial charge in [-0.15, -0.1) is 23.2 Å². The summed E-state index contributed by atoms with van der Waals surface area (Å²) in [6.45, 7) is 1.19. The molecule has 2 unspecified atom stereocenters. The Hall–Kier alpha value is -0.360. The zero-order valence-electron chi connectivity index (χ0n) is 12.3. The Balaban J connectivity index is 2.42. The van der Waals surface area contributed by atoms with Crippen LogP contribution in [-0.2, 0) is 25.8 Å². The maximum absolute atomic E-state index is 11.4. The van der Waals surface area contributed by atoms with Crippen LogP contribution in [0.25, 0.3) is 0 Å². The summed E-state index contributed by atoms with van der Waals surface area (Å²) in [5.74, 6) is -1.99. The predicted molar refractivity (Wildman–Crippen MR) is 94.7 cm³/mol. The van der Waals surface area contributed by atoms with E-state index in [1.165, 1.54) is 19.1 Å². The number of hydrogen-bond acceptors (Lipinski definition) is 4. The third-order valence-corrected chi connectivity index (χ3v) is 8.27. The van der Waals surface area contributed by atoms with Crippen molar-refractivity contribution in [1.82, 2.24) is 0 Å². The lowest BCUT2D eigenvalue weighted by atomic mass is 9.89. The number of benzene rings is 1. The molecule has 2 aliphatic rings. The first-order valence-corrected chi connectivity index (χ1v) is 9.04. The summed E-state index contributed by atoms with van der Waals surface area (Å²) in [6, 6.07) is 2.77. The Kier molecular flexibility index (Phi) is 4.51. The second-order valence-electron chi connectivity index (χ2n) is 5.63. The highest BCUT2D eigenvalue weighted by atomic mass is 35.5. The molecule has 4 nitrogen and oxygen atoms in total. The van der Waals surface area contributed by atoms with Gasteiger partial charge in [0.25, 0.3) is 0 Å². The van der Waals surface area contributed by atoms with E-state index in [0.29, 0.717) is 0 Å². The molecule has 0 heterocycles. The topological polar surface area (TPSA) is 66.4 Å². The number of carboxylic acids is 1. The first kappa shape index (κ1) is 19.4. The molecule has 0 spiro atoms. The van der Waals surface area contributed by atoms with Gasteiger partial charge in [-0.25, -0.2) is 0 Å². The summed E-state index contributed by atoms with van der Waals surface area (Å²) in [4.78, 5) is 18.9. The number of ether oxygens (including phenoxy) is 1. The molecule has 2 aliphatic carbocycles. The summed E-state index contributed by atoms with van der Waals surface area (Å²) in [5, 5.41) is 10.9. The van der Waals surface area contributed by atoms with E-state index in [2.05, 4.69) is 0 Å². The smallest absolute Gasteiger partial charge is 0.308 e. The Morgan fingerprint density at radius 2 is 1.56 bits per heavy atom. The summed E-state index contributed by atoms with van der Waals surface area (Å²) in [5.41, 5.74) is 0.473. The van der Waals surface area contributed by atoms with E-state index in [0.717, 1.165) is 0 Å². The zero-order valence-corrected chi connectivity index (χ0v) is 16.8. The number of alkyl halides is 4. The highest BCUT2D eigenvalue weighted by Gasteiger charge is 2.78. The first-order chi connectivity index (χ1) is 11.4. The molecule has 25 heavy (non-hydrogen) atoms. The molecule has 0 aliphatic heterocycles. The van der Waals surface area contributed by atoms with E-state index >= 15 is 0 Å². The number of esters is 1. The highest BCUT2D eigenvalue weighted by molar-refractivity contribution is 6.65. The molecule has 0 saturated carbocycles. The van der Waals surface area contributed by atoms with Crippen LogP contribution in [0.4, 0.5) is 0 Å². The fourth-order valence-corrected chi connectivity index (χ4v) is 5.98. The Morgan fingerprint density at radius 1 is 1.04 bits per heavy atom. The van der Waals surface area contributed by atoms with Crippen LogP contribution in [-0.4, -0.2) is 16.3 Å². The van der Waals surface area contributed by atoms with E-state index in [4.69, 9.17) is 74.3 Å². The predicted octanol–water partition coefficient (Wildman–Crippen LogP) is 3.66. The number of halogens is 6. The second kappa shape index (κ2) is 5.82. The van der Waals surface area contributed by atoms with E-state index in [1.54, 1.807) is 0 Å². The van der Waals surface area contributed by atoms with Gasteiger partial charge in [0.1, 0.15) is 15.5 Å². The standard InChI is InChI=1S/C15H8Cl6O4/c1-5(22)25-7-3-2-6(4-8(23)24)9-10(7)14(19)12(17)11(16)13(9,18)15(14,20)21/h2-3H,4H2,1H3,(H,23,24)/p-1. The van der Waals surface area contributed by atoms with Gasteiger partial charge in [0.15, 0.2) is 4.33 Å². The maximum atomic E-state index is 11.4. The van der Waals surface area contributed by atoms with Gasteiger partial charge in [0.2, 0.25) is 0 Å². The van der Waals surface area contributed by atoms with E-state index in [9.17, 15) is 14.7 Å². The van der Waals surface area contributed by atoms with Crippen LogP contribution in [0.2, 0.25) is 0 Å². The third-order valence-electron chi connectivity index (χ3n) is 4.19. The van der Waals surface area contributed by atoms with Gasteiger partial charge in [-0.2, -0.15) is 0 Å². The van der Waals surface area contributed by atoms with Crippen LogP contribution in [0.1, 0.15) is 23.6 Å². The lowest BCUT2D eigenvalue weighted by Crippen LogP contribution is -2.39. The van der Waals surface area contributed by atoms with Crippen molar-refractivity contribution < 1.29 is 19.4 Å². The van der Waals surface area contributed by atoms with Crippen molar-refractivity contribution in [2.75, 3.05) is 0 Å². The van der Waals surface area contributed by atoms with E-state index in [-0.39, 0.29) is 32.5 Å². The third kappa shape index (κ3) is 2.22. The Bertz CT molecular complexity index is 797. The van der Waals surface area contributed by atoms with Gasteiger partial charge < -0.3 is 14.6 Å². The van der Waals surface area contributed by atoms with Crippen LogP contribution in [0.5, 0.6) is 5.75 Å². The minimum Gasteiger partial charge on any atom is -0.550 e. The molecule has 0 radical (unpaired) electrons. The van der Waals surface area contributed by atoms with Crippen molar-refractivity contribution in [3.8, 4) is 5.75 Å². The lowest BCUT2D eigenvalue weighted by Gasteiger charge is -2.32. The molecule has 2 atom stereocenters. The fraction of sp³-hybridized carbons (Fsp3) is 0.333. The van der Waals surface area contributed by atoms with Gasteiger partial charge in [-0.1, -0.05) is 52.5 Å². The number of rotatable bonds is 3. The number of carbonyl (C=O) groups excluding carboxylic acids is 2. The molecule has 0 N–H and O–H groups in total. The first-order valence-electron chi connectivity index (χ1n) is 6.77. The van der Waals surface area contributed by atoms with Gasteiger partial charge in [-0.3, -0.25) is 4.79 Å². The number of carbonyl (C=O) groups is 2. The van der Waals surface area contributed by atoms with Crippen molar-refractivity contribution in [2.24, 2.45) is 0 Å². The quantitative estimate of drug-likeness (QED) is 0.390. The fourth-order valence-electron chi connectivity index (χ4n) is 3.25. The minimum absolute atomic E-state index is 0.00937. The molecule has 0 amide bonds. The Morgan fingerprint density at radius 3 is 2.04 bits per heavy atom. The molecular weight excluding hydrogens is 457 g/mol. The minimum atomic E-state index is -1.96. The average molecular weight is 464 g/mol. The second-order valence-corrected chi connectivity index (χ2v) is 8.85. The van der Waals surface area contributed by atoms with Crippen molar-refractivity contribution in [2.45, 2.75) is 27.4 Å². The van der Waals surface area contributed by atoms with E-state index in [1.807, 2.05) is 0 Å². The van der Waals surface area contributed by atoms with Crippen LogP contribution in [0, 0.1) is 0 Å². The molecule has 134 valence electrons. The van der Waals surface area contributed by atoms with Crippen LogP contribution in [0.15, 0.2) is 22.2 Å². The molecule has 10 heteroatoms. The summed E-state index contributed by atoms with van der Waals surface area (Å²) in [6.07, 6.45) is -0.504. The highest BCUT2D eigenvalue weighted by Crippen LogP contribution is 2.79. The number of hydrogen-bond donors (Lipinski definition) is 0. The van der Waals surface area contributed by atoms with Crippen molar-refractivity contribution in [3.05, 3.63) is 38.9 Å². The molecule has 1 aromatic rings. The monoisotopic (exact) mass is 461 g/mol. The molecule has 0 saturated heterocycles. The normalized spacial score (nSPS) is 28.9. The molecule has 3 rings (SSSR count). The molecule has 2 bridgehead atoms. The van der Waals surface area contributed by atoms with Gasteiger partial charge in [0, 0.05) is 24.9 Å². The SMILES string of the molecule is CC(=O)Oc1ccc(CC(=O)[O-])c2c1C1(Cl)C(Cl)=C(Cl)C2(Cl)C1(Cl)Cl. The summed E-state index contributed by atoms with van der Waals surface area (Å²) >= 11 is 38.8. The lowest BCUT2D eigenvalue weighted by molar-refractivity contribution is -0.304. The number of fused-ring (bicyclic) bond motifs is 5. The van der Waals surface area contributed by atoms with Crippen molar-refractivity contribution in [3.63, 3.8) is 0 Å². The zero-order chi connectivity index (χ0) is 18.9. The average Bonchev–Trinajstić information content (AvgIpc) is 2.70. The molecular formula is C15H7Cl6O4-. The number of aliphatic carboxylic acids is 1. The largest absolute Gasteiger partial charge is 0.550 e. The van der Waals surface area contributed by atoms with Gasteiger partial charge in [-0.05, 0) is 17.2 Å². The van der Waals surface area contributed by atoms with Crippen molar-refractivity contribution in [1.29, 1.82) is 0 Å². The Labute approximate surface area is 172 Å². The van der Waals surface area contributed by atoms with Gasteiger partial charge >= 0.3 is 5.97 Å². The van der Waals surface area contributed by atoms with Crippen LogP contribution >= 0.6 is 69.6 Å². The van der Waals surface area contributed by atoms with Crippen LogP contribution < -0.4 is 9.84 Å². The molecule has 0 aromatic heterocycles. The summed E-state index contributed by atoms with van der Waals surface area (Å²) in [7, 11) is 0. The van der Waals surface area contributed by atoms with Crippen LogP contribution in [0.3, 0.4) is 0 Å². The van der Waals surface area contributed by atoms with E-state index < -0.39 is 32.4 Å². The number of allylic oxidation sites excluding steroid dienone is 2. The van der Waals surface area contributed by atoms with Gasteiger partial charge in [0.05, 0.1) is 10.1 Å². The maximum Gasteiger partial charge on any atom is 0.308 e. The molecule has 0 fully saturated rings. The van der Waals surface area contributed by atoms with Crippen molar-refractivity contribution >= 4 is 81.5 Å². The number of carboxylic acid groups (broad SMARTS) is 1.